The van der Waals surface area contributed by atoms with E-state index in [1.54, 1.807) is 0 Å². The van der Waals surface area contributed by atoms with Gasteiger partial charge in [0.25, 0.3) is 0 Å². The van der Waals surface area contributed by atoms with E-state index >= 15 is 0 Å². The molecule has 2 rings (SSSR count). The topological polar surface area (TPSA) is 18.5 Å². The molecule has 0 amide bonds. The number of nitrogens with zero attached hydrogens (tertiary/aromatic N) is 2. The summed E-state index contributed by atoms with van der Waals surface area (Å²) < 4.78 is 0. The van der Waals surface area contributed by atoms with Gasteiger partial charge >= 0.3 is 0 Å². The highest BCUT2D eigenvalue weighted by Gasteiger charge is 2.30. The summed E-state index contributed by atoms with van der Waals surface area (Å²) in [4.78, 5) is 5.37. The molecule has 0 aromatic heterocycles. The van der Waals surface area contributed by atoms with Gasteiger partial charge in [-0.05, 0) is 33.7 Å². The Labute approximate surface area is 113 Å². The first-order chi connectivity index (χ1) is 8.72. The molecule has 0 radical (unpaired) electrons. The molecule has 1 aliphatic heterocycles. The molecule has 1 saturated carbocycles. The van der Waals surface area contributed by atoms with Crippen molar-refractivity contribution in [1.29, 1.82) is 0 Å². The van der Waals surface area contributed by atoms with Gasteiger partial charge < -0.3 is 5.32 Å². The number of hydrogen-bond donors (Lipinski definition) is 1. The van der Waals surface area contributed by atoms with Crippen LogP contribution in [0.25, 0.3) is 0 Å². The Hall–Kier alpha value is -0.120. The average Bonchev–Trinajstić information content (AvgIpc) is 2.63. The second-order valence-corrected chi connectivity index (χ2v) is 6.27. The molecule has 0 bridgehead atoms. The molecule has 18 heavy (non-hydrogen) atoms. The van der Waals surface area contributed by atoms with E-state index in [4.69, 9.17) is 0 Å². The van der Waals surface area contributed by atoms with Gasteiger partial charge in [0, 0.05) is 44.3 Å². The standard InChI is InChI=1S/C15H31N3/c1-13(2)17-9-11-18(12-10-17)15-8-6-4-5-7-14(15)16-3/h13-16H,4-12H2,1-3H3. The number of piperazine rings is 1. The highest BCUT2D eigenvalue weighted by Crippen LogP contribution is 2.23. The van der Waals surface area contributed by atoms with Crippen LogP contribution in [0.1, 0.15) is 46.0 Å². The first-order valence-electron chi connectivity index (χ1n) is 7.87. The number of rotatable bonds is 3. The minimum absolute atomic E-state index is 0.710. The van der Waals surface area contributed by atoms with Crippen LogP contribution in [0.2, 0.25) is 0 Å². The highest BCUT2D eigenvalue weighted by atomic mass is 15.3. The number of hydrogen-bond acceptors (Lipinski definition) is 3. The summed E-state index contributed by atoms with van der Waals surface area (Å²) in [6, 6.07) is 2.21. The second-order valence-electron chi connectivity index (χ2n) is 6.27. The van der Waals surface area contributed by atoms with Crippen molar-refractivity contribution >= 4 is 0 Å². The van der Waals surface area contributed by atoms with Crippen molar-refractivity contribution in [2.45, 2.75) is 64.1 Å². The first kappa shape index (κ1) is 14.3. The quantitative estimate of drug-likeness (QED) is 0.776. The van der Waals surface area contributed by atoms with Crippen LogP contribution in [0.3, 0.4) is 0 Å². The van der Waals surface area contributed by atoms with Gasteiger partial charge in [0.2, 0.25) is 0 Å². The number of likely N-dealkylation sites (N-methyl/N-ethyl adjacent to an activating group) is 1. The monoisotopic (exact) mass is 253 g/mol. The van der Waals surface area contributed by atoms with E-state index in [0.29, 0.717) is 6.04 Å². The molecular formula is C15H31N3. The smallest absolute Gasteiger partial charge is 0.0250 e. The van der Waals surface area contributed by atoms with Crippen LogP contribution >= 0.6 is 0 Å². The maximum Gasteiger partial charge on any atom is 0.0250 e. The Morgan fingerprint density at radius 3 is 2.22 bits per heavy atom. The minimum atomic E-state index is 0.710. The lowest BCUT2D eigenvalue weighted by Gasteiger charge is -2.43. The van der Waals surface area contributed by atoms with Gasteiger partial charge in [-0.25, -0.2) is 0 Å². The molecule has 2 aliphatic rings. The van der Waals surface area contributed by atoms with Crippen LogP contribution in [0, 0.1) is 0 Å². The molecule has 0 spiro atoms. The lowest BCUT2D eigenvalue weighted by Crippen LogP contribution is -2.56. The van der Waals surface area contributed by atoms with Crippen LogP contribution in [-0.2, 0) is 0 Å². The third-order valence-electron chi connectivity index (χ3n) is 4.90. The molecule has 0 aromatic carbocycles. The van der Waals surface area contributed by atoms with Crippen LogP contribution < -0.4 is 5.32 Å². The largest absolute Gasteiger partial charge is 0.315 e. The molecular weight excluding hydrogens is 222 g/mol. The third kappa shape index (κ3) is 3.46. The van der Waals surface area contributed by atoms with Gasteiger partial charge in [-0.1, -0.05) is 19.3 Å². The minimum Gasteiger partial charge on any atom is -0.315 e. The van der Waals surface area contributed by atoms with Crippen LogP contribution in [0.15, 0.2) is 0 Å². The van der Waals surface area contributed by atoms with Crippen LogP contribution in [-0.4, -0.2) is 61.2 Å². The second kappa shape index (κ2) is 6.88. The van der Waals surface area contributed by atoms with Crippen molar-refractivity contribution < 1.29 is 0 Å². The van der Waals surface area contributed by atoms with E-state index in [0.717, 1.165) is 12.1 Å². The van der Waals surface area contributed by atoms with Gasteiger partial charge in [0.05, 0.1) is 0 Å². The van der Waals surface area contributed by atoms with Crippen molar-refractivity contribution in [3.8, 4) is 0 Å². The highest BCUT2D eigenvalue weighted by molar-refractivity contribution is 4.88. The van der Waals surface area contributed by atoms with Gasteiger partial charge in [-0.3, -0.25) is 9.80 Å². The lowest BCUT2D eigenvalue weighted by molar-refractivity contribution is 0.0619. The van der Waals surface area contributed by atoms with Crippen LogP contribution in [0.4, 0.5) is 0 Å². The van der Waals surface area contributed by atoms with E-state index in [1.807, 2.05) is 0 Å². The Kier molecular flexibility index (Phi) is 5.46. The molecule has 1 heterocycles. The molecule has 1 saturated heterocycles. The molecule has 1 N–H and O–H groups in total. The zero-order valence-electron chi connectivity index (χ0n) is 12.5. The molecule has 2 fully saturated rings. The van der Waals surface area contributed by atoms with Gasteiger partial charge in [-0.2, -0.15) is 0 Å². The van der Waals surface area contributed by atoms with Crippen LogP contribution in [0.5, 0.6) is 0 Å². The Morgan fingerprint density at radius 2 is 1.61 bits per heavy atom. The molecule has 2 atom stereocenters. The summed E-state index contributed by atoms with van der Waals surface area (Å²) in [6.07, 6.45) is 7.03. The van der Waals surface area contributed by atoms with Gasteiger partial charge in [0.1, 0.15) is 0 Å². The van der Waals surface area contributed by atoms with Crippen molar-refractivity contribution in [2.24, 2.45) is 0 Å². The first-order valence-corrected chi connectivity index (χ1v) is 7.87. The average molecular weight is 253 g/mol. The maximum absolute atomic E-state index is 3.57. The summed E-state index contributed by atoms with van der Waals surface area (Å²) >= 11 is 0. The van der Waals surface area contributed by atoms with E-state index in [-0.39, 0.29) is 0 Å². The van der Waals surface area contributed by atoms with E-state index in [2.05, 4.69) is 36.0 Å². The predicted molar refractivity (Wildman–Crippen MR) is 78.0 cm³/mol. The Balaban J connectivity index is 1.90. The van der Waals surface area contributed by atoms with Gasteiger partial charge in [0.15, 0.2) is 0 Å². The summed E-state index contributed by atoms with van der Waals surface area (Å²) in [5.41, 5.74) is 0. The molecule has 3 nitrogen and oxygen atoms in total. The molecule has 3 heteroatoms. The van der Waals surface area contributed by atoms with E-state index in [9.17, 15) is 0 Å². The summed E-state index contributed by atoms with van der Waals surface area (Å²) in [6.45, 7) is 9.67. The SMILES string of the molecule is CNC1CCCCCC1N1CCN(C(C)C)CC1. The van der Waals surface area contributed by atoms with Crippen molar-refractivity contribution in [2.75, 3.05) is 33.2 Å². The summed E-state index contributed by atoms with van der Waals surface area (Å²) in [7, 11) is 2.15. The molecule has 106 valence electrons. The van der Waals surface area contributed by atoms with Crippen molar-refractivity contribution in [1.82, 2.24) is 15.1 Å². The maximum atomic E-state index is 3.57. The zero-order chi connectivity index (χ0) is 13.0. The fourth-order valence-electron chi connectivity index (χ4n) is 3.65. The molecule has 2 unspecified atom stereocenters. The summed E-state index contributed by atoms with van der Waals surface area (Å²) in [5, 5.41) is 3.57. The molecule has 0 aromatic rings. The zero-order valence-corrected chi connectivity index (χ0v) is 12.5. The fourth-order valence-corrected chi connectivity index (χ4v) is 3.65. The summed E-state index contributed by atoms with van der Waals surface area (Å²) in [5.74, 6) is 0. The van der Waals surface area contributed by atoms with Crippen molar-refractivity contribution in [3.63, 3.8) is 0 Å². The normalized spacial score (nSPS) is 32.7. The van der Waals surface area contributed by atoms with Gasteiger partial charge in [-0.15, -0.1) is 0 Å². The van der Waals surface area contributed by atoms with E-state index < -0.39 is 0 Å². The Bertz CT molecular complexity index is 234. The van der Waals surface area contributed by atoms with E-state index in [1.165, 1.54) is 58.3 Å². The third-order valence-corrected chi connectivity index (χ3v) is 4.90. The lowest BCUT2D eigenvalue weighted by atomic mass is 10.0. The fraction of sp³-hybridized carbons (Fsp3) is 1.00. The number of nitrogens with one attached hydrogen (secondary N) is 1. The van der Waals surface area contributed by atoms with Crippen molar-refractivity contribution in [3.05, 3.63) is 0 Å². The predicted octanol–water partition coefficient (Wildman–Crippen LogP) is 1.93. The Morgan fingerprint density at radius 1 is 0.944 bits per heavy atom. The molecule has 1 aliphatic carbocycles.